The number of benzene rings is 1. The highest BCUT2D eigenvalue weighted by Crippen LogP contribution is 2.28. The van der Waals surface area contributed by atoms with Crippen molar-refractivity contribution in [1.82, 2.24) is 0 Å². The fraction of sp³-hybridized carbons (Fsp3) is 0.385. The fourth-order valence-electron chi connectivity index (χ4n) is 1.61. The molecule has 0 aliphatic heterocycles. The number of rotatable bonds is 5. The zero-order valence-corrected chi connectivity index (χ0v) is 13.2. The second-order valence-electron chi connectivity index (χ2n) is 4.58. The van der Waals surface area contributed by atoms with Crippen molar-refractivity contribution in [3.8, 4) is 0 Å². The Kier molecular flexibility index (Phi) is 5.60. The van der Waals surface area contributed by atoms with Crippen molar-refractivity contribution in [3.63, 3.8) is 0 Å². The Morgan fingerprint density at radius 3 is 2.33 bits per heavy atom. The first-order valence-corrected chi connectivity index (χ1v) is 6.91. The topological polar surface area (TPSA) is 66.4 Å². The van der Waals surface area contributed by atoms with Gasteiger partial charge in [0.25, 0.3) is 0 Å². The predicted molar refractivity (Wildman–Crippen MR) is 73.1 cm³/mol. The first kappa shape index (κ1) is 17.7. The molecule has 0 saturated heterocycles. The van der Waals surface area contributed by atoms with Gasteiger partial charge in [0, 0.05) is 3.57 Å². The van der Waals surface area contributed by atoms with E-state index >= 15 is 0 Å². The Morgan fingerprint density at radius 1 is 1.33 bits per heavy atom. The summed E-state index contributed by atoms with van der Waals surface area (Å²) in [5.74, 6) is -10.3. The van der Waals surface area contributed by atoms with Crippen molar-refractivity contribution >= 4 is 34.5 Å². The SMILES string of the molecule is CC(C)C(OC(=O)c1c(F)cccc1I)C(F)(F)C(=O)[O-]. The second kappa shape index (κ2) is 6.63. The average molecular weight is 415 g/mol. The van der Waals surface area contributed by atoms with Crippen molar-refractivity contribution in [2.75, 3.05) is 0 Å². The van der Waals surface area contributed by atoms with Crippen LogP contribution in [0.15, 0.2) is 18.2 Å². The standard InChI is InChI=1S/C13H12F3IO4/c1-6(2)10(13(15,16)12(19)20)21-11(18)9-7(14)4-3-5-8(9)17/h3-6,10H,1-2H3,(H,19,20)/p-1. The summed E-state index contributed by atoms with van der Waals surface area (Å²) in [7, 11) is 0. The minimum Gasteiger partial charge on any atom is -0.544 e. The Bertz CT molecular complexity index is 540. The van der Waals surface area contributed by atoms with Gasteiger partial charge in [0.05, 0.1) is 0 Å². The van der Waals surface area contributed by atoms with Crippen LogP contribution < -0.4 is 5.11 Å². The average Bonchev–Trinajstić information content (AvgIpc) is 2.34. The Morgan fingerprint density at radius 2 is 1.90 bits per heavy atom. The molecule has 0 aromatic heterocycles. The van der Waals surface area contributed by atoms with Crippen LogP contribution in [-0.4, -0.2) is 24.0 Å². The monoisotopic (exact) mass is 415 g/mol. The lowest BCUT2D eigenvalue weighted by Gasteiger charge is -2.30. The van der Waals surface area contributed by atoms with E-state index in [0.717, 1.165) is 6.07 Å². The number of carboxylic acids is 1. The molecule has 0 saturated carbocycles. The number of halogens is 4. The minimum absolute atomic E-state index is 0.164. The number of hydrogen-bond donors (Lipinski definition) is 0. The molecular weight excluding hydrogens is 404 g/mol. The first-order valence-electron chi connectivity index (χ1n) is 5.83. The molecule has 4 nitrogen and oxygen atoms in total. The highest BCUT2D eigenvalue weighted by molar-refractivity contribution is 14.1. The number of alkyl halides is 2. The summed E-state index contributed by atoms with van der Waals surface area (Å²) < 4.78 is 45.3. The van der Waals surface area contributed by atoms with E-state index in [2.05, 4.69) is 4.74 Å². The third-order valence-corrected chi connectivity index (χ3v) is 3.53. The molecule has 0 aliphatic carbocycles. The van der Waals surface area contributed by atoms with Gasteiger partial charge >= 0.3 is 11.9 Å². The van der Waals surface area contributed by atoms with Crippen molar-refractivity contribution < 1.29 is 32.6 Å². The molecule has 1 atom stereocenters. The maximum Gasteiger partial charge on any atom is 0.342 e. The Balaban J connectivity index is 3.11. The van der Waals surface area contributed by atoms with Gasteiger partial charge in [-0.25, -0.2) is 9.18 Å². The number of hydrogen-bond acceptors (Lipinski definition) is 4. The van der Waals surface area contributed by atoms with Gasteiger partial charge in [0.2, 0.25) is 0 Å². The van der Waals surface area contributed by atoms with Gasteiger partial charge in [-0.1, -0.05) is 19.9 Å². The van der Waals surface area contributed by atoms with E-state index in [9.17, 15) is 27.9 Å². The van der Waals surface area contributed by atoms with Gasteiger partial charge in [-0.3, -0.25) is 0 Å². The molecule has 0 radical (unpaired) electrons. The summed E-state index contributed by atoms with van der Waals surface area (Å²) in [6.07, 6.45) is -2.26. The van der Waals surface area contributed by atoms with Crippen LogP contribution >= 0.6 is 22.6 Å². The molecule has 0 N–H and O–H groups in total. The van der Waals surface area contributed by atoms with Crippen LogP contribution in [0.5, 0.6) is 0 Å². The minimum atomic E-state index is -4.37. The molecule has 1 aromatic carbocycles. The molecule has 0 amide bonds. The molecule has 0 bridgehead atoms. The molecule has 1 aromatic rings. The summed E-state index contributed by atoms with van der Waals surface area (Å²) in [6, 6.07) is 3.70. The molecule has 8 heteroatoms. The van der Waals surface area contributed by atoms with Gasteiger partial charge < -0.3 is 14.6 Å². The second-order valence-corrected chi connectivity index (χ2v) is 5.74. The first-order chi connectivity index (χ1) is 9.59. The summed E-state index contributed by atoms with van der Waals surface area (Å²) in [4.78, 5) is 22.3. The lowest BCUT2D eigenvalue weighted by Crippen LogP contribution is -2.53. The number of aliphatic carboxylic acids is 1. The van der Waals surface area contributed by atoms with Crippen LogP contribution in [-0.2, 0) is 9.53 Å². The number of carbonyl (C=O) groups excluding carboxylic acids is 2. The van der Waals surface area contributed by atoms with Crippen molar-refractivity contribution in [2.45, 2.75) is 25.9 Å². The quantitative estimate of drug-likeness (QED) is 0.545. The van der Waals surface area contributed by atoms with E-state index in [1.807, 2.05) is 0 Å². The fourth-order valence-corrected chi connectivity index (χ4v) is 2.30. The van der Waals surface area contributed by atoms with E-state index in [1.54, 1.807) is 22.6 Å². The third-order valence-electron chi connectivity index (χ3n) is 2.64. The van der Waals surface area contributed by atoms with E-state index in [0.29, 0.717) is 0 Å². The zero-order valence-electron chi connectivity index (χ0n) is 11.0. The molecule has 21 heavy (non-hydrogen) atoms. The van der Waals surface area contributed by atoms with E-state index in [-0.39, 0.29) is 3.57 Å². The van der Waals surface area contributed by atoms with Crippen LogP contribution in [0.2, 0.25) is 0 Å². The lowest BCUT2D eigenvalue weighted by atomic mass is 10.0. The lowest BCUT2D eigenvalue weighted by molar-refractivity contribution is -0.337. The van der Waals surface area contributed by atoms with Crippen molar-refractivity contribution in [1.29, 1.82) is 0 Å². The van der Waals surface area contributed by atoms with E-state index in [4.69, 9.17) is 0 Å². The van der Waals surface area contributed by atoms with Gasteiger partial charge in [-0.2, -0.15) is 8.78 Å². The van der Waals surface area contributed by atoms with Crippen LogP contribution in [0, 0.1) is 15.3 Å². The van der Waals surface area contributed by atoms with Crippen molar-refractivity contribution in [3.05, 3.63) is 33.1 Å². The van der Waals surface area contributed by atoms with E-state index in [1.165, 1.54) is 26.0 Å². The summed E-state index contributed by atoms with van der Waals surface area (Å²) >= 11 is 1.64. The molecule has 0 heterocycles. The predicted octanol–water partition coefficient (Wildman–Crippen LogP) is 2.00. The van der Waals surface area contributed by atoms with E-state index < -0.39 is 41.3 Å². The largest absolute Gasteiger partial charge is 0.544 e. The molecular formula is C13H11F3IO4-. The van der Waals surface area contributed by atoms with Crippen LogP contribution in [0.4, 0.5) is 13.2 Å². The summed E-state index contributed by atoms with van der Waals surface area (Å²) in [5.41, 5.74) is -0.516. The smallest absolute Gasteiger partial charge is 0.342 e. The normalized spacial score (nSPS) is 13.1. The molecule has 1 unspecified atom stereocenters. The zero-order chi connectivity index (χ0) is 16.4. The number of carbonyl (C=O) groups is 2. The van der Waals surface area contributed by atoms with Gasteiger partial charge in [0.1, 0.15) is 17.3 Å². The number of esters is 1. The molecule has 116 valence electrons. The maximum atomic E-state index is 13.6. The third kappa shape index (κ3) is 3.86. The van der Waals surface area contributed by atoms with Crippen LogP contribution in [0.3, 0.4) is 0 Å². The molecule has 0 spiro atoms. The maximum absolute atomic E-state index is 13.6. The number of carboxylic acid groups (broad SMARTS) is 1. The molecule has 0 fully saturated rings. The summed E-state index contributed by atoms with van der Waals surface area (Å²) in [5, 5.41) is 10.5. The molecule has 1 rings (SSSR count). The van der Waals surface area contributed by atoms with Crippen molar-refractivity contribution in [2.24, 2.45) is 5.92 Å². The number of ether oxygens (including phenoxy) is 1. The molecule has 0 aliphatic rings. The van der Waals surface area contributed by atoms with Gasteiger partial charge in [-0.15, -0.1) is 0 Å². The highest BCUT2D eigenvalue weighted by Gasteiger charge is 2.46. The van der Waals surface area contributed by atoms with Crippen LogP contribution in [0.25, 0.3) is 0 Å². The van der Waals surface area contributed by atoms with Gasteiger partial charge in [-0.05, 0) is 40.6 Å². The Hall–Kier alpha value is -1.32. The van der Waals surface area contributed by atoms with Gasteiger partial charge in [0.15, 0.2) is 6.10 Å². The van der Waals surface area contributed by atoms with Crippen LogP contribution in [0.1, 0.15) is 24.2 Å². The Labute approximate surface area is 132 Å². The highest BCUT2D eigenvalue weighted by atomic mass is 127. The summed E-state index contributed by atoms with van der Waals surface area (Å²) in [6.45, 7) is 2.50.